The van der Waals surface area contributed by atoms with E-state index in [1.807, 2.05) is 0 Å². The summed E-state index contributed by atoms with van der Waals surface area (Å²) in [6.07, 6.45) is -4.84. The van der Waals surface area contributed by atoms with E-state index in [-0.39, 0.29) is 6.07 Å². The minimum atomic E-state index is -4.84. The van der Waals surface area contributed by atoms with Gasteiger partial charge in [-0.15, -0.1) is 0 Å². The standard InChI is InChI=1S/C13H6F3N3O7/c14-13(15,16)7-1-2-12(11(3-7)19(24)25)26-10-5-8(17(20)21)4-9(6-10)18(22)23/h1-6H. The lowest BCUT2D eigenvalue weighted by molar-refractivity contribution is -0.394. The van der Waals surface area contributed by atoms with Crippen molar-refractivity contribution in [3.05, 3.63) is 72.3 Å². The molecule has 0 atom stereocenters. The van der Waals surface area contributed by atoms with E-state index in [9.17, 15) is 43.5 Å². The van der Waals surface area contributed by atoms with Crippen molar-refractivity contribution in [1.29, 1.82) is 0 Å². The maximum atomic E-state index is 12.7. The molecular formula is C13H6F3N3O7. The van der Waals surface area contributed by atoms with Gasteiger partial charge in [0.05, 0.1) is 38.5 Å². The van der Waals surface area contributed by atoms with Gasteiger partial charge in [-0.2, -0.15) is 13.2 Å². The molecule has 2 aromatic rings. The normalized spacial score (nSPS) is 11.0. The molecule has 0 fully saturated rings. The van der Waals surface area contributed by atoms with Crippen LogP contribution in [0.5, 0.6) is 11.5 Å². The fraction of sp³-hybridized carbons (Fsp3) is 0.0769. The van der Waals surface area contributed by atoms with E-state index >= 15 is 0 Å². The highest BCUT2D eigenvalue weighted by Gasteiger charge is 2.33. The first-order valence-electron chi connectivity index (χ1n) is 6.46. The number of nitro benzene ring substituents is 3. The van der Waals surface area contributed by atoms with Crippen molar-refractivity contribution in [1.82, 2.24) is 0 Å². The third-order valence-corrected chi connectivity index (χ3v) is 3.01. The van der Waals surface area contributed by atoms with Crippen LogP contribution in [0.1, 0.15) is 5.56 Å². The number of ether oxygens (including phenoxy) is 1. The van der Waals surface area contributed by atoms with E-state index in [2.05, 4.69) is 0 Å². The number of rotatable bonds is 5. The molecule has 0 aliphatic heterocycles. The van der Waals surface area contributed by atoms with Crippen LogP contribution < -0.4 is 4.74 Å². The summed E-state index contributed by atoms with van der Waals surface area (Å²) in [4.78, 5) is 29.5. The highest BCUT2D eigenvalue weighted by Crippen LogP contribution is 2.39. The fourth-order valence-electron chi connectivity index (χ4n) is 1.89. The Morgan fingerprint density at radius 3 is 1.77 bits per heavy atom. The summed E-state index contributed by atoms with van der Waals surface area (Å²) in [5.41, 5.74) is -3.83. The summed E-state index contributed by atoms with van der Waals surface area (Å²) in [5, 5.41) is 32.6. The van der Waals surface area contributed by atoms with Crippen molar-refractivity contribution in [2.24, 2.45) is 0 Å². The number of hydrogen-bond donors (Lipinski definition) is 0. The lowest BCUT2D eigenvalue weighted by atomic mass is 10.2. The molecule has 0 saturated carbocycles. The summed E-state index contributed by atoms with van der Waals surface area (Å²) >= 11 is 0. The Morgan fingerprint density at radius 2 is 1.35 bits per heavy atom. The van der Waals surface area contributed by atoms with Gasteiger partial charge < -0.3 is 4.74 Å². The predicted molar refractivity (Wildman–Crippen MR) is 77.9 cm³/mol. The summed E-state index contributed by atoms with van der Waals surface area (Å²) in [5.74, 6) is -1.19. The molecule has 0 aromatic heterocycles. The minimum absolute atomic E-state index is 0.223. The number of benzene rings is 2. The highest BCUT2D eigenvalue weighted by atomic mass is 19.4. The van der Waals surface area contributed by atoms with Gasteiger partial charge in [0.15, 0.2) is 0 Å². The van der Waals surface area contributed by atoms with Crippen molar-refractivity contribution in [3.8, 4) is 11.5 Å². The van der Waals surface area contributed by atoms with Gasteiger partial charge in [0, 0.05) is 6.07 Å². The summed E-state index contributed by atoms with van der Waals surface area (Å²) in [7, 11) is 0. The average molecular weight is 373 g/mol. The van der Waals surface area contributed by atoms with Crippen LogP contribution in [-0.2, 0) is 6.18 Å². The van der Waals surface area contributed by atoms with E-state index in [0.717, 1.165) is 12.1 Å². The van der Waals surface area contributed by atoms with Crippen LogP contribution in [-0.4, -0.2) is 14.8 Å². The number of hydrogen-bond acceptors (Lipinski definition) is 7. The Hall–Kier alpha value is -3.77. The number of non-ortho nitro benzene ring substituents is 2. The van der Waals surface area contributed by atoms with E-state index < -0.39 is 55.1 Å². The fourth-order valence-corrected chi connectivity index (χ4v) is 1.89. The molecule has 0 radical (unpaired) electrons. The maximum Gasteiger partial charge on any atom is 0.416 e. The molecule has 0 bridgehead atoms. The zero-order valence-electron chi connectivity index (χ0n) is 12.3. The Balaban J connectivity index is 2.52. The Labute approximate surface area is 140 Å². The van der Waals surface area contributed by atoms with Crippen LogP contribution in [0.25, 0.3) is 0 Å². The number of nitrogens with zero attached hydrogens (tertiary/aromatic N) is 3. The summed E-state index contributed by atoms with van der Waals surface area (Å²) < 4.78 is 43.0. The van der Waals surface area contributed by atoms with E-state index in [1.54, 1.807) is 0 Å². The quantitative estimate of drug-likeness (QED) is 0.564. The highest BCUT2D eigenvalue weighted by molar-refractivity contribution is 5.54. The van der Waals surface area contributed by atoms with Crippen LogP contribution in [0.15, 0.2) is 36.4 Å². The second-order valence-corrected chi connectivity index (χ2v) is 4.74. The van der Waals surface area contributed by atoms with Gasteiger partial charge >= 0.3 is 11.9 Å². The molecule has 0 N–H and O–H groups in total. The monoisotopic (exact) mass is 373 g/mol. The number of alkyl halides is 3. The number of halogens is 3. The van der Waals surface area contributed by atoms with Crippen LogP contribution >= 0.6 is 0 Å². The minimum Gasteiger partial charge on any atom is -0.450 e. The molecule has 0 heterocycles. The van der Waals surface area contributed by atoms with Gasteiger partial charge in [-0.25, -0.2) is 0 Å². The first kappa shape index (κ1) is 18.6. The molecule has 0 aliphatic rings. The van der Waals surface area contributed by atoms with Gasteiger partial charge in [0.2, 0.25) is 5.75 Å². The van der Waals surface area contributed by atoms with Crippen LogP contribution in [0.3, 0.4) is 0 Å². The molecule has 13 heteroatoms. The molecule has 0 aliphatic carbocycles. The molecule has 0 spiro atoms. The Kier molecular flexibility index (Phi) is 4.73. The lowest BCUT2D eigenvalue weighted by Crippen LogP contribution is -2.06. The molecule has 2 aromatic carbocycles. The molecular weight excluding hydrogens is 367 g/mol. The van der Waals surface area contributed by atoms with Gasteiger partial charge in [0.25, 0.3) is 11.4 Å². The SMILES string of the molecule is O=[N+]([O-])c1cc(Oc2ccc(C(F)(F)F)cc2[N+](=O)[O-])cc([N+](=O)[O-])c1. The second kappa shape index (κ2) is 6.62. The molecule has 2 rings (SSSR count). The van der Waals surface area contributed by atoms with Crippen molar-refractivity contribution in [2.75, 3.05) is 0 Å². The predicted octanol–water partition coefficient (Wildman–Crippen LogP) is 4.22. The van der Waals surface area contributed by atoms with Gasteiger partial charge in [0.1, 0.15) is 5.75 Å². The maximum absolute atomic E-state index is 12.7. The van der Waals surface area contributed by atoms with E-state index in [1.165, 1.54) is 0 Å². The van der Waals surface area contributed by atoms with Crippen LogP contribution in [0.2, 0.25) is 0 Å². The van der Waals surface area contributed by atoms with E-state index in [4.69, 9.17) is 4.74 Å². The zero-order valence-corrected chi connectivity index (χ0v) is 12.3. The van der Waals surface area contributed by atoms with Gasteiger partial charge in [-0.3, -0.25) is 30.3 Å². The first-order valence-corrected chi connectivity index (χ1v) is 6.46. The summed E-state index contributed by atoms with van der Waals surface area (Å²) in [6.45, 7) is 0. The molecule has 0 saturated heterocycles. The largest absolute Gasteiger partial charge is 0.450 e. The van der Waals surface area contributed by atoms with Crippen molar-refractivity contribution < 1.29 is 32.7 Å². The topological polar surface area (TPSA) is 139 Å². The van der Waals surface area contributed by atoms with Gasteiger partial charge in [-0.05, 0) is 12.1 Å². The third-order valence-electron chi connectivity index (χ3n) is 3.01. The second-order valence-electron chi connectivity index (χ2n) is 4.74. The molecule has 136 valence electrons. The summed E-state index contributed by atoms with van der Waals surface area (Å²) in [6, 6.07) is 3.50. The first-order chi connectivity index (χ1) is 12.0. The molecule has 10 nitrogen and oxygen atoms in total. The molecule has 26 heavy (non-hydrogen) atoms. The Bertz CT molecular complexity index is 882. The smallest absolute Gasteiger partial charge is 0.416 e. The average Bonchev–Trinajstić information content (AvgIpc) is 2.53. The molecule has 0 unspecified atom stereocenters. The van der Waals surface area contributed by atoms with Crippen molar-refractivity contribution >= 4 is 17.1 Å². The van der Waals surface area contributed by atoms with Crippen LogP contribution in [0, 0.1) is 30.3 Å². The molecule has 0 amide bonds. The van der Waals surface area contributed by atoms with E-state index in [0.29, 0.717) is 18.2 Å². The third kappa shape index (κ3) is 4.00. The Morgan fingerprint density at radius 1 is 0.808 bits per heavy atom. The van der Waals surface area contributed by atoms with Crippen molar-refractivity contribution in [2.45, 2.75) is 6.18 Å². The van der Waals surface area contributed by atoms with Gasteiger partial charge in [-0.1, -0.05) is 0 Å². The zero-order chi connectivity index (χ0) is 19.6. The van der Waals surface area contributed by atoms with Crippen LogP contribution in [0.4, 0.5) is 30.2 Å². The van der Waals surface area contributed by atoms with Crippen molar-refractivity contribution in [3.63, 3.8) is 0 Å². The number of nitro groups is 3. The lowest BCUT2D eigenvalue weighted by Gasteiger charge is -2.10.